The van der Waals surface area contributed by atoms with Gasteiger partial charge in [0.25, 0.3) is 0 Å². The zero-order chi connectivity index (χ0) is 17.3. The highest BCUT2D eigenvalue weighted by Crippen LogP contribution is 2.35. The monoisotopic (exact) mass is 332 g/mol. The van der Waals surface area contributed by atoms with Gasteiger partial charge in [0.05, 0.1) is 0 Å². The molecule has 2 aliphatic carbocycles. The fraction of sp³-hybridized carbons (Fsp3) is 0.0769. The summed E-state index contributed by atoms with van der Waals surface area (Å²) in [5.41, 5.74) is 8.57. The van der Waals surface area contributed by atoms with Gasteiger partial charge < -0.3 is 0 Å². The minimum Gasteiger partial charge on any atom is -0.0795 e. The number of benzene rings is 4. The molecule has 0 aromatic heterocycles. The molecule has 124 valence electrons. The van der Waals surface area contributed by atoms with Crippen LogP contribution >= 0.6 is 0 Å². The second-order valence-electron chi connectivity index (χ2n) is 6.96. The molecule has 0 saturated carbocycles. The first-order valence-electron chi connectivity index (χ1n) is 9.23. The van der Waals surface area contributed by atoms with Crippen LogP contribution in [-0.2, 0) is 12.8 Å². The average molecular weight is 332 g/mol. The van der Waals surface area contributed by atoms with E-state index in [1.807, 2.05) is 0 Å². The largest absolute Gasteiger partial charge is 0.0795 e. The van der Waals surface area contributed by atoms with E-state index in [0.29, 0.717) is 0 Å². The number of rotatable bonds is 0. The van der Waals surface area contributed by atoms with E-state index in [0.717, 1.165) is 12.8 Å². The van der Waals surface area contributed by atoms with Gasteiger partial charge in [-0.15, -0.1) is 0 Å². The number of fused-ring (bicyclic) bond motifs is 3. The van der Waals surface area contributed by atoms with Crippen molar-refractivity contribution < 1.29 is 0 Å². The van der Waals surface area contributed by atoms with Crippen molar-refractivity contribution >= 4 is 16.8 Å². The van der Waals surface area contributed by atoms with Gasteiger partial charge in [-0.25, -0.2) is 0 Å². The van der Waals surface area contributed by atoms with E-state index in [2.05, 4.69) is 97.1 Å². The van der Waals surface area contributed by atoms with Gasteiger partial charge in [-0.05, 0) is 57.0 Å². The van der Waals surface area contributed by atoms with Crippen molar-refractivity contribution in [3.8, 4) is 11.1 Å². The van der Waals surface area contributed by atoms with Crippen molar-refractivity contribution in [1.82, 2.24) is 0 Å². The van der Waals surface area contributed by atoms with E-state index in [9.17, 15) is 0 Å². The predicted molar refractivity (Wildman–Crippen MR) is 111 cm³/mol. The van der Waals surface area contributed by atoms with Gasteiger partial charge in [-0.2, -0.15) is 0 Å². The summed E-state index contributed by atoms with van der Waals surface area (Å²) in [5, 5.41) is 2.80. The van der Waals surface area contributed by atoms with Crippen LogP contribution in [0, 0.1) is 0 Å². The van der Waals surface area contributed by atoms with Crippen molar-refractivity contribution in [3.05, 3.63) is 113 Å². The Morgan fingerprint density at radius 1 is 0.538 bits per heavy atom. The third-order valence-electron chi connectivity index (χ3n) is 5.36. The SMILES string of the molecule is C1=Cc2cccc3cccc(c23)C1.c1ccc2c(c1)Cc1ccccc1-2. The van der Waals surface area contributed by atoms with Gasteiger partial charge in [0.1, 0.15) is 0 Å². The molecule has 0 saturated heterocycles. The van der Waals surface area contributed by atoms with E-state index >= 15 is 0 Å². The molecule has 0 aliphatic heterocycles. The summed E-state index contributed by atoms with van der Waals surface area (Å²) in [5.74, 6) is 0. The maximum absolute atomic E-state index is 2.23. The van der Waals surface area contributed by atoms with Crippen LogP contribution in [-0.4, -0.2) is 0 Å². The average Bonchev–Trinajstić information content (AvgIpc) is 3.08. The molecule has 2 aliphatic rings. The second-order valence-corrected chi connectivity index (χ2v) is 6.96. The predicted octanol–water partition coefficient (Wildman–Crippen LogP) is 6.67. The summed E-state index contributed by atoms with van der Waals surface area (Å²) in [6.07, 6.45) is 6.63. The number of hydrogen-bond donors (Lipinski definition) is 0. The van der Waals surface area contributed by atoms with Crippen LogP contribution in [0.25, 0.3) is 28.0 Å². The Hall–Kier alpha value is -3.12. The minimum atomic E-state index is 1.08. The van der Waals surface area contributed by atoms with Gasteiger partial charge in [-0.3, -0.25) is 0 Å². The molecule has 0 atom stereocenters. The molecule has 6 rings (SSSR count). The first-order chi connectivity index (χ1) is 12.9. The quantitative estimate of drug-likeness (QED) is 0.297. The molecule has 0 unspecified atom stereocenters. The molecule has 0 heteroatoms. The smallest absolute Gasteiger partial charge is 0.00135 e. The molecule has 4 aromatic rings. The van der Waals surface area contributed by atoms with Gasteiger partial charge >= 0.3 is 0 Å². The Kier molecular flexibility index (Phi) is 3.68. The summed E-state index contributed by atoms with van der Waals surface area (Å²) in [6, 6.07) is 30.3. The molecular weight excluding hydrogens is 312 g/mol. The molecule has 0 spiro atoms. The number of hydrogen-bond acceptors (Lipinski definition) is 0. The van der Waals surface area contributed by atoms with Crippen molar-refractivity contribution in [2.75, 3.05) is 0 Å². The summed E-state index contributed by atoms with van der Waals surface area (Å²) in [7, 11) is 0. The van der Waals surface area contributed by atoms with E-state index < -0.39 is 0 Å². The zero-order valence-electron chi connectivity index (χ0n) is 14.7. The van der Waals surface area contributed by atoms with E-state index in [1.54, 1.807) is 0 Å². The summed E-state index contributed by atoms with van der Waals surface area (Å²) in [4.78, 5) is 0. The Morgan fingerprint density at radius 3 is 1.88 bits per heavy atom. The summed E-state index contributed by atoms with van der Waals surface area (Å²) >= 11 is 0. The topological polar surface area (TPSA) is 0 Å². The molecule has 0 N–H and O–H groups in total. The van der Waals surface area contributed by atoms with Crippen LogP contribution in [0.1, 0.15) is 22.3 Å². The van der Waals surface area contributed by atoms with Gasteiger partial charge in [0.2, 0.25) is 0 Å². The highest BCUT2D eigenvalue weighted by molar-refractivity contribution is 5.94. The van der Waals surface area contributed by atoms with Crippen LogP contribution < -0.4 is 0 Å². The fourth-order valence-electron chi connectivity index (χ4n) is 4.15. The van der Waals surface area contributed by atoms with E-state index in [-0.39, 0.29) is 0 Å². The van der Waals surface area contributed by atoms with Crippen molar-refractivity contribution in [3.63, 3.8) is 0 Å². The third kappa shape index (κ3) is 2.55. The molecule has 4 aromatic carbocycles. The van der Waals surface area contributed by atoms with E-state index in [4.69, 9.17) is 0 Å². The molecule has 0 heterocycles. The molecular formula is C26H20. The molecule has 0 bridgehead atoms. The minimum absolute atomic E-state index is 1.08. The first kappa shape index (κ1) is 15.2. The molecule has 0 nitrogen and oxygen atoms in total. The zero-order valence-corrected chi connectivity index (χ0v) is 14.7. The Labute approximate surface area is 154 Å². The Bertz CT molecular complexity index is 1080. The summed E-state index contributed by atoms with van der Waals surface area (Å²) in [6.45, 7) is 0. The Morgan fingerprint density at radius 2 is 1.15 bits per heavy atom. The first-order valence-corrected chi connectivity index (χ1v) is 9.23. The highest BCUT2D eigenvalue weighted by atomic mass is 14.2. The van der Waals surface area contributed by atoms with Gasteiger partial charge in [0.15, 0.2) is 0 Å². The van der Waals surface area contributed by atoms with Crippen LogP contribution in [0.3, 0.4) is 0 Å². The lowest BCUT2D eigenvalue weighted by atomic mass is 9.93. The second kappa shape index (κ2) is 6.31. The van der Waals surface area contributed by atoms with Crippen LogP contribution in [0.5, 0.6) is 0 Å². The fourth-order valence-corrected chi connectivity index (χ4v) is 4.15. The van der Waals surface area contributed by atoms with E-state index in [1.165, 1.54) is 44.2 Å². The van der Waals surface area contributed by atoms with Crippen LogP contribution in [0.2, 0.25) is 0 Å². The number of allylic oxidation sites excluding steroid dienone is 1. The van der Waals surface area contributed by atoms with Crippen molar-refractivity contribution in [2.45, 2.75) is 12.8 Å². The lowest BCUT2D eigenvalue weighted by Gasteiger charge is -2.11. The van der Waals surface area contributed by atoms with Crippen LogP contribution in [0.15, 0.2) is 91.0 Å². The molecule has 0 radical (unpaired) electrons. The maximum atomic E-state index is 2.23. The summed E-state index contributed by atoms with van der Waals surface area (Å²) < 4.78 is 0. The standard InChI is InChI=1S/2C13H10/c1-4-10-6-2-8-12-9-3-7-11(5-1)13(10)12;1-3-7-12-10(5-1)9-11-6-2-4-8-13(11)12/h2*1-8H,9H2. The van der Waals surface area contributed by atoms with Crippen LogP contribution in [0.4, 0.5) is 0 Å². The molecule has 0 fully saturated rings. The Balaban J connectivity index is 0.000000115. The van der Waals surface area contributed by atoms with Gasteiger partial charge in [0, 0.05) is 0 Å². The van der Waals surface area contributed by atoms with Gasteiger partial charge in [-0.1, -0.05) is 97.1 Å². The maximum Gasteiger partial charge on any atom is -0.00135 e. The normalized spacial score (nSPS) is 12.9. The van der Waals surface area contributed by atoms with Crippen molar-refractivity contribution in [1.29, 1.82) is 0 Å². The molecule has 26 heavy (non-hydrogen) atoms. The third-order valence-corrected chi connectivity index (χ3v) is 5.36. The molecule has 0 amide bonds. The lowest BCUT2D eigenvalue weighted by Crippen LogP contribution is -1.91. The van der Waals surface area contributed by atoms with Crippen molar-refractivity contribution in [2.24, 2.45) is 0 Å². The highest BCUT2D eigenvalue weighted by Gasteiger charge is 2.15. The lowest BCUT2D eigenvalue weighted by molar-refractivity contribution is 1.26.